The number of sulfonamides is 1. The van der Waals surface area contributed by atoms with Crippen LogP contribution in [0.2, 0.25) is 0 Å². The summed E-state index contributed by atoms with van der Waals surface area (Å²) >= 11 is 0. The van der Waals surface area contributed by atoms with E-state index in [4.69, 9.17) is 29.4 Å². The second kappa shape index (κ2) is 24.2. The summed E-state index contributed by atoms with van der Waals surface area (Å²) in [6.45, 7) is 18.0. The van der Waals surface area contributed by atoms with Gasteiger partial charge in [-0.25, -0.2) is 22.2 Å². The number of aliphatic hydroxyl groups is 4. The molecule has 3 aliphatic rings. The number of anilines is 1. The van der Waals surface area contributed by atoms with E-state index >= 15 is 0 Å². The lowest BCUT2D eigenvalue weighted by Crippen LogP contribution is -2.61. The van der Waals surface area contributed by atoms with Gasteiger partial charge in [0.2, 0.25) is 10.0 Å². The predicted molar refractivity (Wildman–Crippen MR) is 265 cm³/mol. The highest BCUT2D eigenvalue weighted by Gasteiger charge is 2.54. The fraction of sp³-hybridized carbons (Fsp3) is 0.820. The lowest BCUT2D eigenvalue weighted by Gasteiger charge is -2.51. The van der Waals surface area contributed by atoms with Crippen LogP contribution in [0.4, 0.5) is 10.1 Å². The summed E-state index contributed by atoms with van der Waals surface area (Å²) in [5, 5.41) is 56.2. The Kier molecular flexibility index (Phi) is 20.1. The number of aliphatic hydroxyl groups excluding tert-OH is 2. The van der Waals surface area contributed by atoms with Crippen LogP contribution in [0.3, 0.4) is 0 Å². The van der Waals surface area contributed by atoms with E-state index in [0.717, 1.165) is 0 Å². The van der Waals surface area contributed by atoms with Crippen LogP contribution in [0.5, 0.6) is 0 Å². The normalized spacial score (nSPS) is 39.1. The number of carbonyl (C=O) groups excluding carboxylic acids is 1. The molecule has 2 aromatic rings. The van der Waals surface area contributed by atoms with E-state index in [1.807, 2.05) is 53.6 Å². The maximum Gasteiger partial charge on any atom is 0.309 e. The van der Waals surface area contributed by atoms with Gasteiger partial charge < -0.3 is 59.6 Å². The van der Waals surface area contributed by atoms with Gasteiger partial charge in [0.1, 0.15) is 30.6 Å². The molecule has 4 heterocycles. The number of nitrogens with one attached hydrogen (secondary N) is 1. The smallest absolute Gasteiger partial charge is 0.309 e. The van der Waals surface area contributed by atoms with Gasteiger partial charge in [-0.15, -0.1) is 5.10 Å². The van der Waals surface area contributed by atoms with Gasteiger partial charge in [-0.05, 0) is 111 Å². The number of halogens is 1. The van der Waals surface area contributed by atoms with Crippen LogP contribution in [-0.2, 0) is 44.9 Å². The van der Waals surface area contributed by atoms with Crippen LogP contribution in [0.15, 0.2) is 35.4 Å². The van der Waals surface area contributed by atoms with Crippen molar-refractivity contribution >= 4 is 21.7 Å². The second-order valence-electron chi connectivity index (χ2n) is 21.8. The summed E-state index contributed by atoms with van der Waals surface area (Å²) in [6.07, 6.45) is -2.80. The largest absolute Gasteiger partial charge is 0.459 e. The van der Waals surface area contributed by atoms with Crippen molar-refractivity contribution in [2.75, 3.05) is 53.2 Å². The van der Waals surface area contributed by atoms with E-state index in [1.165, 1.54) is 43.0 Å². The van der Waals surface area contributed by atoms with E-state index in [-0.39, 0.29) is 48.8 Å². The van der Waals surface area contributed by atoms with E-state index in [0.29, 0.717) is 43.7 Å². The molecule has 3 fully saturated rings. The Morgan fingerprint density at radius 3 is 2.31 bits per heavy atom. The summed E-state index contributed by atoms with van der Waals surface area (Å²) in [5.41, 5.74) is 2.35. The van der Waals surface area contributed by atoms with Gasteiger partial charge in [-0.2, -0.15) is 0 Å². The zero-order chi connectivity index (χ0) is 53.0. The zero-order valence-corrected chi connectivity index (χ0v) is 45.1. The highest BCUT2D eigenvalue weighted by atomic mass is 32.2. The van der Waals surface area contributed by atoms with Gasteiger partial charge in [0.05, 0.1) is 58.2 Å². The highest BCUT2D eigenvalue weighted by molar-refractivity contribution is 7.89. The molecular weight excluding hydrogens is 942 g/mol. The van der Waals surface area contributed by atoms with Crippen molar-refractivity contribution in [1.29, 1.82) is 0 Å². The molecule has 0 amide bonds. The molecule has 0 aliphatic carbocycles. The molecule has 18 atom stereocenters. The maximum absolute atomic E-state index is 14.6. The van der Waals surface area contributed by atoms with Crippen molar-refractivity contribution in [3.05, 3.63) is 36.2 Å². The first kappa shape index (κ1) is 59.0. The maximum atomic E-state index is 14.6. The molecule has 0 saturated carbocycles. The number of cyclic esters (lactones) is 1. The fourth-order valence-corrected chi connectivity index (χ4v) is 12.5. The molecular formula is C50H86FN7O12S. The van der Waals surface area contributed by atoms with Crippen LogP contribution < -0.4 is 10.5 Å². The standard InChI is InChI=1S/C50H86FN7O12S/c1-14-41-50(10,63)44(59)33(6)57(12)27-29(2)23-48(8,62)46(31(4)43(32(5)47(61)69-41)40-24-49(9,66-13)45(60)34(7)68-40)70-42-22-37(21-30(3)67-42)56(11)20-19-36-28-58(55-54-36)38(25-51)26-53-71(64,65)39-17-15-35(52)16-18-39/h15-18,28-34,37-38,40-46,53,59-60,62-63H,14,19-27,52H2,1-13H3/t29-,30-,31+,32-,33-,34+,37+,38?,40-,41-,42+,43?,44-,45+,46-,48-,49-,50-/m1/s1. The van der Waals surface area contributed by atoms with Crippen LogP contribution in [0.1, 0.15) is 113 Å². The summed E-state index contributed by atoms with van der Waals surface area (Å²) in [6, 6.07) is 4.19. The molecule has 5 rings (SSSR count). The number of alkyl halides is 1. The van der Waals surface area contributed by atoms with Crippen LogP contribution in [0, 0.1) is 23.7 Å². The summed E-state index contributed by atoms with van der Waals surface area (Å²) in [5.74, 6) is -2.96. The molecule has 0 bridgehead atoms. The van der Waals surface area contributed by atoms with Crippen molar-refractivity contribution in [2.24, 2.45) is 23.7 Å². The third kappa shape index (κ3) is 14.1. The van der Waals surface area contributed by atoms with Crippen LogP contribution in [0.25, 0.3) is 0 Å². The van der Waals surface area contributed by atoms with E-state index in [2.05, 4.69) is 19.9 Å². The number of likely N-dealkylation sites (N-methyl/N-ethyl adjacent to an activating group) is 2. The number of nitrogen functional groups attached to an aromatic ring is 1. The Labute approximate surface area is 421 Å². The third-order valence-electron chi connectivity index (χ3n) is 15.9. The minimum Gasteiger partial charge on any atom is -0.459 e. The molecule has 71 heavy (non-hydrogen) atoms. The molecule has 7 N–H and O–H groups in total. The summed E-state index contributed by atoms with van der Waals surface area (Å²) in [4.78, 5) is 18.7. The number of esters is 1. The van der Waals surface area contributed by atoms with E-state index in [1.54, 1.807) is 33.9 Å². The zero-order valence-electron chi connectivity index (χ0n) is 44.3. The average Bonchev–Trinajstić information content (AvgIpc) is 3.78. The molecule has 3 saturated heterocycles. The van der Waals surface area contributed by atoms with E-state index < -0.39 is 112 Å². The van der Waals surface area contributed by atoms with Gasteiger partial charge in [-0.3, -0.25) is 4.79 Å². The molecule has 1 aromatic heterocycles. The molecule has 0 spiro atoms. The quantitative estimate of drug-likeness (QED) is 0.110. The summed E-state index contributed by atoms with van der Waals surface area (Å²) in [7, 11) is 1.46. The van der Waals surface area contributed by atoms with Gasteiger partial charge in [-0.1, -0.05) is 32.9 Å². The lowest BCUT2D eigenvalue weighted by atomic mass is 9.68. The predicted octanol–water partition coefficient (Wildman–Crippen LogP) is 3.48. The monoisotopic (exact) mass is 1030 g/mol. The molecule has 21 heteroatoms. The Balaban J connectivity index is 1.40. The minimum atomic E-state index is -3.92. The Morgan fingerprint density at radius 1 is 1.03 bits per heavy atom. The number of aromatic nitrogens is 3. The molecule has 0 radical (unpaired) electrons. The molecule has 3 aliphatic heterocycles. The van der Waals surface area contributed by atoms with Crippen LogP contribution in [-0.4, -0.2) is 185 Å². The number of methoxy groups -OCH3 is 1. The first-order valence-electron chi connectivity index (χ1n) is 25.3. The Morgan fingerprint density at radius 2 is 1.69 bits per heavy atom. The SMILES string of the molecule is CC[C@H]1OC(=O)[C@H](C)C([C@H]2C[C@@](C)(OC)[C@@H](O)[C@H](C)O2)[C@H](C)[C@@H](O[C@H]2C[C@@H](N(C)CCc3cn(C(CF)CNS(=O)(=O)c4ccc(N)cc4)nn3)C[C@@H](C)O2)[C@](C)(O)C[C@@H](C)CN(C)[C@H](C)[C@@H](O)[C@]1(C)O. The molecule has 19 nitrogen and oxygen atoms in total. The first-order chi connectivity index (χ1) is 33.1. The van der Waals surface area contributed by atoms with Crippen molar-refractivity contribution in [3.8, 4) is 0 Å². The second-order valence-corrected chi connectivity index (χ2v) is 23.6. The molecule has 1 aromatic carbocycles. The van der Waals surface area contributed by atoms with Gasteiger partial charge in [0.25, 0.3) is 0 Å². The van der Waals surface area contributed by atoms with Crippen LogP contribution >= 0.6 is 0 Å². The number of nitrogens with zero attached hydrogens (tertiary/aromatic N) is 5. The molecule has 406 valence electrons. The van der Waals surface area contributed by atoms with Crippen molar-refractivity contribution in [1.82, 2.24) is 29.5 Å². The first-order valence-corrected chi connectivity index (χ1v) is 26.8. The third-order valence-corrected chi connectivity index (χ3v) is 17.3. The molecule has 2 unspecified atom stereocenters. The van der Waals surface area contributed by atoms with Crippen molar-refractivity contribution in [2.45, 2.75) is 197 Å². The number of benzene rings is 1. The van der Waals surface area contributed by atoms with Gasteiger partial charge in [0.15, 0.2) is 6.29 Å². The number of nitrogens with two attached hydrogens (primary N) is 1. The number of hydrogen-bond donors (Lipinski definition) is 6. The van der Waals surface area contributed by atoms with Gasteiger partial charge in [0, 0.05) is 75.9 Å². The number of hydrogen-bond acceptors (Lipinski definition) is 17. The minimum absolute atomic E-state index is 0.0102. The highest BCUT2D eigenvalue weighted by Crippen LogP contribution is 2.45. The Bertz CT molecular complexity index is 2120. The van der Waals surface area contributed by atoms with Gasteiger partial charge >= 0.3 is 5.97 Å². The number of rotatable bonds is 15. The van der Waals surface area contributed by atoms with Crippen molar-refractivity contribution < 1.29 is 61.7 Å². The topological polar surface area (TPSA) is 254 Å². The lowest BCUT2D eigenvalue weighted by molar-refractivity contribution is -0.275. The summed E-state index contributed by atoms with van der Waals surface area (Å²) < 4.78 is 76.2. The van der Waals surface area contributed by atoms with E-state index in [9.17, 15) is 38.0 Å². The fourth-order valence-electron chi connectivity index (χ4n) is 11.4. The number of carbonyl (C=O) groups is 1. The number of ether oxygens (including phenoxy) is 5. The average molecular weight is 1030 g/mol. The van der Waals surface area contributed by atoms with Crippen molar-refractivity contribution in [3.63, 3.8) is 0 Å². The Hall–Kier alpha value is -2.93.